The number of hydrogen-bond acceptors (Lipinski definition) is 4. The van der Waals surface area contributed by atoms with Gasteiger partial charge in [0.15, 0.2) is 0 Å². The number of para-hydroxylation sites is 1. The minimum atomic E-state index is -0.138. The maximum Gasteiger partial charge on any atom is 0.321 e. The van der Waals surface area contributed by atoms with Crippen LogP contribution in [0.3, 0.4) is 0 Å². The van der Waals surface area contributed by atoms with Crippen molar-refractivity contribution in [2.24, 2.45) is 7.05 Å². The minimum Gasteiger partial charge on any atom is -0.322 e. The summed E-state index contributed by atoms with van der Waals surface area (Å²) in [6.07, 6.45) is 0. The van der Waals surface area contributed by atoms with Crippen molar-refractivity contribution in [3.8, 4) is 0 Å². The van der Waals surface area contributed by atoms with Gasteiger partial charge in [-0.25, -0.2) is 9.78 Å². The normalized spacial score (nSPS) is 15.9. The number of amides is 2. The molecule has 3 aromatic rings. The van der Waals surface area contributed by atoms with Crippen molar-refractivity contribution in [2.75, 3.05) is 31.5 Å². The number of nitrogens with zero attached hydrogens (tertiary/aromatic N) is 4. The zero-order chi connectivity index (χ0) is 21.3. The van der Waals surface area contributed by atoms with Gasteiger partial charge in [0.2, 0.25) is 0 Å². The van der Waals surface area contributed by atoms with Crippen molar-refractivity contribution in [2.45, 2.75) is 13.0 Å². The Labute approximate surface area is 179 Å². The van der Waals surface area contributed by atoms with Gasteiger partial charge in [-0.15, -0.1) is 0 Å². The highest BCUT2D eigenvalue weighted by Gasteiger charge is 2.27. The highest BCUT2D eigenvalue weighted by molar-refractivity contribution is 6.30. The summed E-state index contributed by atoms with van der Waals surface area (Å²) in [6.45, 7) is 4.65. The van der Waals surface area contributed by atoms with Gasteiger partial charge in [-0.3, -0.25) is 14.3 Å². The van der Waals surface area contributed by atoms with Gasteiger partial charge >= 0.3 is 6.03 Å². The van der Waals surface area contributed by atoms with Gasteiger partial charge in [0.05, 0.1) is 16.9 Å². The summed E-state index contributed by atoms with van der Waals surface area (Å²) >= 11 is 5.98. The lowest BCUT2D eigenvalue weighted by Crippen LogP contribution is -2.51. The van der Waals surface area contributed by atoms with Crippen molar-refractivity contribution in [3.05, 3.63) is 69.7 Å². The molecule has 0 saturated carbocycles. The number of urea groups is 1. The van der Waals surface area contributed by atoms with Gasteiger partial charge < -0.3 is 10.2 Å². The number of rotatable bonds is 3. The molecule has 0 bridgehead atoms. The molecule has 1 aliphatic heterocycles. The average molecular weight is 426 g/mol. The molecule has 4 rings (SSSR count). The Kier molecular flexibility index (Phi) is 5.74. The second kappa shape index (κ2) is 8.45. The first-order chi connectivity index (χ1) is 14.4. The Morgan fingerprint density at radius 3 is 2.57 bits per heavy atom. The molecule has 1 fully saturated rings. The predicted octanol–water partition coefficient (Wildman–Crippen LogP) is 3.50. The molecule has 8 heteroatoms. The molecular weight excluding hydrogens is 402 g/mol. The van der Waals surface area contributed by atoms with Crippen LogP contribution in [0, 0.1) is 0 Å². The molecule has 30 heavy (non-hydrogen) atoms. The van der Waals surface area contributed by atoms with E-state index >= 15 is 0 Å². The summed E-state index contributed by atoms with van der Waals surface area (Å²) in [5.41, 5.74) is 1.35. The first kappa shape index (κ1) is 20.4. The molecule has 0 aliphatic carbocycles. The number of aromatic nitrogens is 2. The van der Waals surface area contributed by atoms with Crippen LogP contribution in [-0.2, 0) is 7.05 Å². The monoisotopic (exact) mass is 425 g/mol. The van der Waals surface area contributed by atoms with Crippen LogP contribution in [0.1, 0.15) is 18.8 Å². The number of hydrogen-bond donors (Lipinski definition) is 1. The molecule has 1 unspecified atom stereocenters. The van der Waals surface area contributed by atoms with E-state index in [4.69, 9.17) is 16.6 Å². The standard InChI is InChI=1S/C22H24ClN5O2/c1-15(20-25-19-9-4-3-8-18(19)21(29)26(20)2)27-10-12-28(13-11-27)22(30)24-17-7-5-6-16(23)14-17/h3-9,14-15H,10-13H2,1-2H3,(H,24,30). The van der Waals surface area contributed by atoms with E-state index in [0.29, 0.717) is 47.8 Å². The van der Waals surface area contributed by atoms with Crippen molar-refractivity contribution in [3.63, 3.8) is 0 Å². The van der Waals surface area contributed by atoms with E-state index in [2.05, 4.69) is 17.1 Å². The van der Waals surface area contributed by atoms with Crippen LogP contribution in [0.4, 0.5) is 10.5 Å². The molecule has 7 nitrogen and oxygen atoms in total. The van der Waals surface area contributed by atoms with E-state index in [-0.39, 0.29) is 17.6 Å². The van der Waals surface area contributed by atoms with E-state index in [0.717, 1.165) is 5.82 Å². The van der Waals surface area contributed by atoms with E-state index in [9.17, 15) is 9.59 Å². The second-order valence-electron chi connectivity index (χ2n) is 7.49. The lowest BCUT2D eigenvalue weighted by atomic mass is 10.2. The summed E-state index contributed by atoms with van der Waals surface area (Å²) in [4.78, 5) is 34.1. The molecule has 2 heterocycles. The zero-order valence-electron chi connectivity index (χ0n) is 17.0. The smallest absolute Gasteiger partial charge is 0.321 e. The zero-order valence-corrected chi connectivity index (χ0v) is 17.8. The number of piperazine rings is 1. The van der Waals surface area contributed by atoms with Crippen LogP contribution in [-0.4, -0.2) is 51.6 Å². The fourth-order valence-electron chi connectivity index (χ4n) is 3.85. The molecule has 1 saturated heterocycles. The number of halogens is 1. The molecule has 156 valence electrons. The largest absolute Gasteiger partial charge is 0.322 e. The van der Waals surface area contributed by atoms with E-state index < -0.39 is 0 Å². The van der Waals surface area contributed by atoms with Crippen LogP contribution in [0.15, 0.2) is 53.3 Å². The van der Waals surface area contributed by atoms with E-state index in [1.165, 1.54) is 0 Å². The highest BCUT2D eigenvalue weighted by atomic mass is 35.5. The maximum absolute atomic E-state index is 12.7. The Bertz CT molecular complexity index is 1140. The van der Waals surface area contributed by atoms with Gasteiger partial charge in [-0.05, 0) is 37.3 Å². The number of nitrogens with one attached hydrogen (secondary N) is 1. The molecule has 2 aromatic carbocycles. The molecule has 1 aliphatic rings. The summed E-state index contributed by atoms with van der Waals surface area (Å²) in [5.74, 6) is 0.732. The first-order valence-electron chi connectivity index (χ1n) is 9.95. The Hall–Kier alpha value is -2.90. The van der Waals surface area contributed by atoms with Gasteiger partial charge in [-0.1, -0.05) is 29.8 Å². The number of benzene rings is 2. The van der Waals surface area contributed by atoms with Crippen LogP contribution in [0.2, 0.25) is 5.02 Å². The third-order valence-electron chi connectivity index (χ3n) is 5.62. The number of anilines is 1. The Morgan fingerprint density at radius 1 is 1.10 bits per heavy atom. The second-order valence-corrected chi connectivity index (χ2v) is 7.93. The molecule has 1 N–H and O–H groups in total. The average Bonchev–Trinajstić information content (AvgIpc) is 2.76. The summed E-state index contributed by atoms with van der Waals surface area (Å²) in [6, 6.07) is 14.3. The summed E-state index contributed by atoms with van der Waals surface area (Å²) in [7, 11) is 1.77. The SMILES string of the molecule is CC(c1nc2ccccc2c(=O)n1C)N1CCN(C(=O)Nc2cccc(Cl)c2)CC1. The molecule has 1 atom stereocenters. The van der Waals surface area contributed by atoms with E-state index in [1.54, 1.807) is 40.8 Å². The first-order valence-corrected chi connectivity index (χ1v) is 10.3. The fraction of sp³-hybridized carbons (Fsp3) is 0.318. The molecule has 2 amide bonds. The summed E-state index contributed by atoms with van der Waals surface area (Å²) in [5, 5.41) is 4.10. The van der Waals surface area contributed by atoms with Gasteiger partial charge in [0.1, 0.15) is 5.82 Å². The van der Waals surface area contributed by atoms with Crippen LogP contribution in [0.5, 0.6) is 0 Å². The Morgan fingerprint density at radius 2 is 1.83 bits per heavy atom. The van der Waals surface area contributed by atoms with Crippen molar-refractivity contribution >= 4 is 34.2 Å². The van der Waals surface area contributed by atoms with E-state index in [1.807, 2.05) is 24.3 Å². The number of carbonyl (C=O) groups excluding carboxylic acids is 1. The number of carbonyl (C=O) groups is 1. The third-order valence-corrected chi connectivity index (χ3v) is 5.85. The molecule has 1 aromatic heterocycles. The van der Waals surface area contributed by atoms with Gasteiger partial charge in [-0.2, -0.15) is 0 Å². The fourth-order valence-corrected chi connectivity index (χ4v) is 4.04. The summed E-state index contributed by atoms with van der Waals surface area (Å²) < 4.78 is 1.63. The predicted molar refractivity (Wildman–Crippen MR) is 119 cm³/mol. The maximum atomic E-state index is 12.7. The topological polar surface area (TPSA) is 70.5 Å². The van der Waals surface area contributed by atoms with Gasteiger partial charge in [0, 0.05) is 43.9 Å². The molecular formula is C22H24ClN5O2. The van der Waals surface area contributed by atoms with Crippen LogP contribution < -0.4 is 10.9 Å². The quantitative estimate of drug-likeness (QED) is 0.697. The lowest BCUT2D eigenvalue weighted by Gasteiger charge is -2.38. The van der Waals surface area contributed by atoms with Crippen molar-refractivity contribution < 1.29 is 4.79 Å². The Balaban J connectivity index is 1.44. The third kappa shape index (κ3) is 4.04. The highest BCUT2D eigenvalue weighted by Crippen LogP contribution is 2.21. The lowest BCUT2D eigenvalue weighted by molar-refractivity contribution is 0.114. The molecule has 0 radical (unpaired) electrons. The van der Waals surface area contributed by atoms with Gasteiger partial charge in [0.25, 0.3) is 5.56 Å². The van der Waals surface area contributed by atoms with Crippen LogP contribution >= 0.6 is 11.6 Å². The van der Waals surface area contributed by atoms with Crippen LogP contribution in [0.25, 0.3) is 10.9 Å². The van der Waals surface area contributed by atoms with Crippen molar-refractivity contribution in [1.29, 1.82) is 0 Å². The minimum absolute atomic E-state index is 0.0366. The molecule has 0 spiro atoms. The number of fused-ring (bicyclic) bond motifs is 1. The van der Waals surface area contributed by atoms with Crippen molar-refractivity contribution in [1.82, 2.24) is 19.4 Å².